The maximum atomic E-state index is 3.23. The standard InChI is InChI=1S/C9H14/c1-9-7-5-3-2-4-6-8-9/h9H,2-5,7H2,1H3. The van der Waals surface area contributed by atoms with Crippen LogP contribution in [-0.4, -0.2) is 0 Å². The topological polar surface area (TPSA) is 0 Å². The molecule has 0 bridgehead atoms. The van der Waals surface area contributed by atoms with Gasteiger partial charge in [-0.2, -0.15) is 0 Å². The van der Waals surface area contributed by atoms with E-state index in [1.165, 1.54) is 25.7 Å². The molecule has 0 aliphatic heterocycles. The van der Waals surface area contributed by atoms with Crippen LogP contribution in [0, 0.1) is 17.8 Å². The van der Waals surface area contributed by atoms with Gasteiger partial charge < -0.3 is 0 Å². The summed E-state index contributed by atoms with van der Waals surface area (Å²) in [5.41, 5.74) is 0. The van der Waals surface area contributed by atoms with Crippen molar-refractivity contribution in [3.8, 4) is 11.8 Å². The molecule has 0 fully saturated rings. The van der Waals surface area contributed by atoms with Crippen LogP contribution in [0.25, 0.3) is 0 Å². The van der Waals surface area contributed by atoms with E-state index in [0.717, 1.165) is 6.42 Å². The highest BCUT2D eigenvalue weighted by Gasteiger charge is 1.98. The average Bonchev–Trinajstić information content (AvgIpc) is 1.79. The number of rotatable bonds is 0. The zero-order valence-electron chi connectivity index (χ0n) is 6.11. The van der Waals surface area contributed by atoms with Crippen molar-refractivity contribution in [2.75, 3.05) is 0 Å². The minimum absolute atomic E-state index is 0.658. The van der Waals surface area contributed by atoms with Crippen LogP contribution in [0.1, 0.15) is 39.0 Å². The summed E-state index contributed by atoms with van der Waals surface area (Å²) in [4.78, 5) is 0. The summed E-state index contributed by atoms with van der Waals surface area (Å²) in [6.07, 6.45) is 6.53. The van der Waals surface area contributed by atoms with E-state index in [1.807, 2.05) is 0 Å². The van der Waals surface area contributed by atoms with Crippen molar-refractivity contribution in [1.29, 1.82) is 0 Å². The van der Waals surface area contributed by atoms with E-state index < -0.39 is 0 Å². The lowest BCUT2D eigenvalue weighted by Crippen LogP contribution is -1.92. The molecule has 0 amide bonds. The van der Waals surface area contributed by atoms with E-state index >= 15 is 0 Å². The molecule has 50 valence electrons. The monoisotopic (exact) mass is 122 g/mol. The number of hydrogen-bond donors (Lipinski definition) is 0. The van der Waals surface area contributed by atoms with Gasteiger partial charge in [0.05, 0.1) is 0 Å². The highest BCUT2D eigenvalue weighted by atomic mass is 14.0. The molecule has 1 atom stereocenters. The summed E-state index contributed by atoms with van der Waals surface area (Å²) in [7, 11) is 0. The quantitative estimate of drug-likeness (QED) is 0.433. The first-order valence-electron chi connectivity index (χ1n) is 3.88. The summed E-state index contributed by atoms with van der Waals surface area (Å²) >= 11 is 0. The van der Waals surface area contributed by atoms with Gasteiger partial charge in [0.25, 0.3) is 0 Å². The normalized spacial score (nSPS) is 27.4. The van der Waals surface area contributed by atoms with E-state index in [0.29, 0.717) is 5.92 Å². The zero-order chi connectivity index (χ0) is 6.53. The van der Waals surface area contributed by atoms with Crippen LogP contribution in [0.2, 0.25) is 0 Å². The Morgan fingerprint density at radius 2 is 2.11 bits per heavy atom. The minimum Gasteiger partial charge on any atom is -0.103 e. The van der Waals surface area contributed by atoms with E-state index in [9.17, 15) is 0 Å². The Kier molecular flexibility index (Phi) is 2.64. The van der Waals surface area contributed by atoms with Crippen molar-refractivity contribution in [2.45, 2.75) is 39.0 Å². The molecule has 1 aliphatic rings. The lowest BCUT2D eigenvalue weighted by Gasteiger charge is -2.04. The lowest BCUT2D eigenvalue weighted by molar-refractivity contribution is 0.571. The maximum Gasteiger partial charge on any atom is 0.0174 e. The predicted molar refractivity (Wildman–Crippen MR) is 40.0 cm³/mol. The Labute approximate surface area is 57.7 Å². The van der Waals surface area contributed by atoms with Crippen LogP contribution in [0.15, 0.2) is 0 Å². The Bertz CT molecular complexity index is 125. The third kappa shape index (κ3) is 2.56. The number of hydrogen-bond acceptors (Lipinski definition) is 0. The molecule has 0 saturated heterocycles. The van der Waals surface area contributed by atoms with Gasteiger partial charge in [-0.1, -0.05) is 19.8 Å². The van der Waals surface area contributed by atoms with Crippen molar-refractivity contribution in [1.82, 2.24) is 0 Å². The molecule has 1 aliphatic carbocycles. The first-order valence-corrected chi connectivity index (χ1v) is 3.88. The summed E-state index contributed by atoms with van der Waals surface area (Å²) in [5.74, 6) is 7.08. The third-order valence-electron chi connectivity index (χ3n) is 1.79. The van der Waals surface area contributed by atoms with Crippen LogP contribution in [0.5, 0.6) is 0 Å². The molecule has 0 aromatic rings. The molecule has 0 heterocycles. The van der Waals surface area contributed by atoms with E-state index in [2.05, 4.69) is 18.8 Å². The molecule has 0 radical (unpaired) electrons. The van der Waals surface area contributed by atoms with Gasteiger partial charge in [-0.3, -0.25) is 0 Å². The predicted octanol–water partition coefficient (Wildman–Crippen LogP) is 2.59. The fourth-order valence-electron chi connectivity index (χ4n) is 1.16. The van der Waals surface area contributed by atoms with Gasteiger partial charge >= 0.3 is 0 Å². The van der Waals surface area contributed by atoms with E-state index in [-0.39, 0.29) is 0 Å². The van der Waals surface area contributed by atoms with Gasteiger partial charge in [-0.15, -0.1) is 11.8 Å². The van der Waals surface area contributed by atoms with Gasteiger partial charge in [0.15, 0.2) is 0 Å². The van der Waals surface area contributed by atoms with E-state index in [1.54, 1.807) is 0 Å². The first-order chi connectivity index (χ1) is 4.39. The largest absolute Gasteiger partial charge is 0.103 e. The molecule has 0 N–H and O–H groups in total. The van der Waals surface area contributed by atoms with Gasteiger partial charge in [0.1, 0.15) is 0 Å². The minimum atomic E-state index is 0.658. The van der Waals surface area contributed by atoms with Crippen molar-refractivity contribution in [2.24, 2.45) is 5.92 Å². The second kappa shape index (κ2) is 3.56. The van der Waals surface area contributed by atoms with E-state index in [4.69, 9.17) is 0 Å². The lowest BCUT2D eigenvalue weighted by atomic mass is 10.0. The SMILES string of the molecule is CC1C#CCCCCC1. The maximum absolute atomic E-state index is 3.23. The first kappa shape index (κ1) is 6.68. The van der Waals surface area contributed by atoms with Crippen molar-refractivity contribution in [3.05, 3.63) is 0 Å². The van der Waals surface area contributed by atoms with Crippen molar-refractivity contribution >= 4 is 0 Å². The van der Waals surface area contributed by atoms with Gasteiger partial charge in [-0.25, -0.2) is 0 Å². The average molecular weight is 122 g/mol. The Balaban J connectivity index is 2.37. The molecule has 9 heavy (non-hydrogen) atoms. The zero-order valence-corrected chi connectivity index (χ0v) is 6.11. The molecular weight excluding hydrogens is 108 g/mol. The van der Waals surface area contributed by atoms with Crippen LogP contribution >= 0.6 is 0 Å². The second-order valence-corrected chi connectivity index (χ2v) is 2.82. The Morgan fingerprint density at radius 3 is 3.00 bits per heavy atom. The molecule has 1 rings (SSSR count). The van der Waals surface area contributed by atoms with Crippen LogP contribution in [0.4, 0.5) is 0 Å². The highest BCUT2D eigenvalue weighted by molar-refractivity contribution is 5.03. The summed E-state index contributed by atoms with van der Waals surface area (Å²) < 4.78 is 0. The molecule has 0 heteroatoms. The molecule has 1 unspecified atom stereocenters. The molecule has 0 spiro atoms. The molecule has 0 aromatic carbocycles. The summed E-state index contributed by atoms with van der Waals surface area (Å²) in [6, 6.07) is 0. The van der Waals surface area contributed by atoms with Crippen LogP contribution in [-0.2, 0) is 0 Å². The Hall–Kier alpha value is -0.440. The van der Waals surface area contributed by atoms with Gasteiger partial charge in [-0.05, 0) is 12.8 Å². The van der Waals surface area contributed by atoms with Gasteiger partial charge in [0, 0.05) is 12.3 Å². The second-order valence-electron chi connectivity index (χ2n) is 2.82. The summed E-state index contributed by atoms with van der Waals surface area (Å²) in [6.45, 7) is 2.22. The molecular formula is C9H14. The fourth-order valence-corrected chi connectivity index (χ4v) is 1.16. The molecule has 0 nitrogen and oxygen atoms in total. The van der Waals surface area contributed by atoms with Crippen molar-refractivity contribution < 1.29 is 0 Å². The Morgan fingerprint density at radius 1 is 1.22 bits per heavy atom. The fraction of sp³-hybridized carbons (Fsp3) is 0.778. The smallest absolute Gasteiger partial charge is 0.0174 e. The van der Waals surface area contributed by atoms with Crippen LogP contribution in [0.3, 0.4) is 0 Å². The molecule has 0 saturated carbocycles. The van der Waals surface area contributed by atoms with Crippen LogP contribution < -0.4 is 0 Å². The highest BCUT2D eigenvalue weighted by Crippen LogP contribution is 2.11. The third-order valence-corrected chi connectivity index (χ3v) is 1.79. The van der Waals surface area contributed by atoms with Crippen molar-refractivity contribution in [3.63, 3.8) is 0 Å². The molecule has 0 aromatic heterocycles. The van der Waals surface area contributed by atoms with Gasteiger partial charge in [0.2, 0.25) is 0 Å². The summed E-state index contributed by atoms with van der Waals surface area (Å²) in [5, 5.41) is 0.